The minimum atomic E-state index is -3.49. The fourth-order valence-corrected chi connectivity index (χ4v) is 3.79. The first kappa shape index (κ1) is 15.8. The number of sulfonamides is 1. The third kappa shape index (κ3) is 3.19. The number of hydrogen-bond acceptors (Lipinski definition) is 3. The predicted octanol–water partition coefficient (Wildman–Crippen LogP) is 3.23. The summed E-state index contributed by atoms with van der Waals surface area (Å²) in [4.78, 5) is 0.325. The number of unbranched alkanes of at least 4 members (excludes halogenated alkanes) is 2. The second-order valence-corrected chi connectivity index (χ2v) is 7.25. The summed E-state index contributed by atoms with van der Waals surface area (Å²) in [6.07, 6.45) is 2.97. The lowest BCUT2D eigenvalue weighted by Gasteiger charge is -2.18. The molecule has 0 radical (unpaired) electrons. The second kappa shape index (κ2) is 6.45. The van der Waals surface area contributed by atoms with Gasteiger partial charge in [-0.15, -0.1) is 0 Å². The number of nitrogens with two attached hydrogens (primary N) is 1. The fourth-order valence-electron chi connectivity index (χ4n) is 2.39. The van der Waals surface area contributed by atoms with E-state index < -0.39 is 10.0 Å². The summed E-state index contributed by atoms with van der Waals surface area (Å²) < 4.78 is 26.9. The average molecular weight is 306 g/mol. The van der Waals surface area contributed by atoms with Crippen LogP contribution in [0, 0.1) is 0 Å². The summed E-state index contributed by atoms with van der Waals surface area (Å²) >= 11 is 0. The number of nitrogen functional groups attached to an aromatic ring is 1. The maximum atomic E-state index is 12.7. The van der Waals surface area contributed by atoms with Gasteiger partial charge in [0.2, 0.25) is 10.0 Å². The molecular formula is C16H22N2O2S. The average Bonchev–Trinajstić information content (AvgIpc) is 2.47. The van der Waals surface area contributed by atoms with Crippen molar-refractivity contribution in [3.8, 4) is 0 Å². The van der Waals surface area contributed by atoms with Gasteiger partial charge in [-0.25, -0.2) is 12.7 Å². The Morgan fingerprint density at radius 3 is 2.38 bits per heavy atom. The van der Waals surface area contributed by atoms with Crippen LogP contribution in [0.25, 0.3) is 10.8 Å². The molecule has 0 saturated heterocycles. The number of nitrogens with zero attached hydrogens (tertiary/aromatic N) is 1. The predicted molar refractivity (Wildman–Crippen MR) is 87.7 cm³/mol. The Kier molecular flexibility index (Phi) is 4.85. The molecule has 5 heteroatoms. The van der Waals surface area contributed by atoms with E-state index in [0.29, 0.717) is 22.5 Å². The summed E-state index contributed by atoms with van der Waals surface area (Å²) in [6.45, 7) is 2.64. The Bertz CT molecular complexity index is 726. The van der Waals surface area contributed by atoms with E-state index in [9.17, 15) is 8.42 Å². The lowest BCUT2D eigenvalue weighted by Crippen LogP contribution is -2.28. The Morgan fingerprint density at radius 2 is 1.71 bits per heavy atom. The highest BCUT2D eigenvalue weighted by atomic mass is 32.2. The van der Waals surface area contributed by atoms with Crippen LogP contribution in [-0.2, 0) is 10.0 Å². The van der Waals surface area contributed by atoms with Crippen LogP contribution in [0.1, 0.15) is 26.2 Å². The number of rotatable bonds is 6. The highest BCUT2D eigenvalue weighted by Gasteiger charge is 2.22. The molecule has 0 atom stereocenters. The molecule has 0 aliphatic carbocycles. The lowest BCUT2D eigenvalue weighted by molar-refractivity contribution is 0.455. The first-order valence-electron chi connectivity index (χ1n) is 7.22. The molecule has 0 amide bonds. The molecule has 4 nitrogen and oxygen atoms in total. The van der Waals surface area contributed by atoms with Crippen molar-refractivity contribution in [2.45, 2.75) is 31.1 Å². The highest BCUT2D eigenvalue weighted by Crippen LogP contribution is 2.29. The van der Waals surface area contributed by atoms with Crippen molar-refractivity contribution in [1.82, 2.24) is 4.31 Å². The molecule has 0 saturated carbocycles. The molecule has 2 rings (SSSR count). The topological polar surface area (TPSA) is 63.4 Å². The maximum absolute atomic E-state index is 12.7. The van der Waals surface area contributed by atoms with Gasteiger partial charge in [0.1, 0.15) is 0 Å². The van der Waals surface area contributed by atoms with E-state index in [1.54, 1.807) is 25.2 Å². The van der Waals surface area contributed by atoms with Crippen molar-refractivity contribution in [3.63, 3.8) is 0 Å². The van der Waals surface area contributed by atoms with Crippen LogP contribution in [0.15, 0.2) is 41.3 Å². The molecule has 0 fully saturated rings. The Balaban J connectivity index is 2.43. The molecule has 2 aromatic carbocycles. The Morgan fingerprint density at radius 1 is 1.05 bits per heavy atom. The third-order valence-electron chi connectivity index (χ3n) is 3.68. The summed E-state index contributed by atoms with van der Waals surface area (Å²) in [5.74, 6) is 0. The van der Waals surface area contributed by atoms with Crippen molar-refractivity contribution in [1.29, 1.82) is 0 Å². The number of hydrogen-bond donors (Lipinski definition) is 1. The monoisotopic (exact) mass is 306 g/mol. The van der Waals surface area contributed by atoms with Gasteiger partial charge in [0.25, 0.3) is 0 Å². The number of anilines is 1. The van der Waals surface area contributed by atoms with Crippen LogP contribution in [0.5, 0.6) is 0 Å². The maximum Gasteiger partial charge on any atom is 0.243 e. The van der Waals surface area contributed by atoms with Crippen molar-refractivity contribution >= 4 is 26.5 Å². The van der Waals surface area contributed by atoms with Crippen molar-refractivity contribution in [3.05, 3.63) is 36.4 Å². The first-order valence-corrected chi connectivity index (χ1v) is 8.66. The van der Waals surface area contributed by atoms with Gasteiger partial charge in [-0.3, -0.25) is 0 Å². The van der Waals surface area contributed by atoms with Crippen LogP contribution < -0.4 is 5.73 Å². The molecule has 0 bridgehead atoms. The van der Waals surface area contributed by atoms with Gasteiger partial charge in [-0.1, -0.05) is 44.0 Å². The van der Waals surface area contributed by atoms with Gasteiger partial charge in [-0.2, -0.15) is 0 Å². The zero-order valence-corrected chi connectivity index (χ0v) is 13.4. The molecular weight excluding hydrogens is 284 g/mol. The molecule has 2 aromatic rings. The van der Waals surface area contributed by atoms with Crippen LogP contribution in [0.4, 0.5) is 5.69 Å². The summed E-state index contributed by atoms with van der Waals surface area (Å²) in [5.41, 5.74) is 6.53. The number of benzene rings is 2. The van der Waals surface area contributed by atoms with Gasteiger partial charge >= 0.3 is 0 Å². The van der Waals surface area contributed by atoms with E-state index in [0.717, 1.165) is 24.6 Å². The normalized spacial score (nSPS) is 12.1. The van der Waals surface area contributed by atoms with E-state index in [-0.39, 0.29) is 0 Å². The van der Waals surface area contributed by atoms with Gasteiger partial charge in [0.05, 0.1) is 4.90 Å². The molecule has 0 spiro atoms. The lowest BCUT2D eigenvalue weighted by atomic mass is 10.1. The van der Waals surface area contributed by atoms with E-state index in [4.69, 9.17) is 5.73 Å². The van der Waals surface area contributed by atoms with Crippen molar-refractivity contribution in [2.75, 3.05) is 19.3 Å². The summed E-state index contributed by atoms with van der Waals surface area (Å²) in [5, 5.41) is 1.46. The zero-order valence-electron chi connectivity index (χ0n) is 12.5. The standard InChI is InChI=1S/C16H22N2O2S/c1-3-4-7-12-18(2)21(19,20)16-11-10-15(17)13-8-5-6-9-14(13)16/h5-6,8-11H,3-4,7,12,17H2,1-2H3. The van der Waals surface area contributed by atoms with E-state index in [1.165, 1.54) is 4.31 Å². The van der Waals surface area contributed by atoms with Crippen LogP contribution in [0.3, 0.4) is 0 Å². The minimum absolute atomic E-state index is 0.325. The van der Waals surface area contributed by atoms with Gasteiger partial charge in [0.15, 0.2) is 0 Å². The summed E-state index contributed by atoms with van der Waals surface area (Å²) in [6, 6.07) is 10.6. The molecule has 0 aliphatic rings. The molecule has 0 unspecified atom stereocenters. The minimum Gasteiger partial charge on any atom is -0.398 e. The van der Waals surface area contributed by atoms with Crippen LogP contribution in [0.2, 0.25) is 0 Å². The fraction of sp³-hybridized carbons (Fsp3) is 0.375. The molecule has 114 valence electrons. The van der Waals surface area contributed by atoms with Crippen LogP contribution in [-0.4, -0.2) is 26.3 Å². The molecule has 0 aromatic heterocycles. The van der Waals surface area contributed by atoms with Crippen LogP contribution >= 0.6 is 0 Å². The Hall–Kier alpha value is -1.59. The van der Waals surface area contributed by atoms with E-state index in [2.05, 4.69) is 6.92 Å². The molecule has 21 heavy (non-hydrogen) atoms. The first-order chi connectivity index (χ1) is 9.98. The Labute approximate surface area is 126 Å². The smallest absolute Gasteiger partial charge is 0.243 e. The van der Waals surface area contributed by atoms with Gasteiger partial charge in [-0.05, 0) is 18.6 Å². The molecule has 2 N–H and O–H groups in total. The van der Waals surface area contributed by atoms with Crippen molar-refractivity contribution < 1.29 is 8.42 Å². The van der Waals surface area contributed by atoms with Gasteiger partial charge < -0.3 is 5.73 Å². The number of fused-ring (bicyclic) bond motifs is 1. The third-order valence-corrected chi connectivity index (χ3v) is 5.60. The summed E-state index contributed by atoms with van der Waals surface area (Å²) in [7, 11) is -1.85. The van der Waals surface area contributed by atoms with E-state index >= 15 is 0 Å². The largest absolute Gasteiger partial charge is 0.398 e. The molecule has 0 heterocycles. The van der Waals surface area contributed by atoms with Gasteiger partial charge in [0, 0.05) is 30.1 Å². The molecule has 0 aliphatic heterocycles. The SMILES string of the molecule is CCCCCN(C)S(=O)(=O)c1ccc(N)c2ccccc12. The van der Waals surface area contributed by atoms with Crippen molar-refractivity contribution in [2.24, 2.45) is 0 Å². The highest BCUT2D eigenvalue weighted by molar-refractivity contribution is 7.89. The van der Waals surface area contributed by atoms with E-state index in [1.807, 2.05) is 18.2 Å². The second-order valence-electron chi connectivity index (χ2n) is 5.23. The zero-order chi connectivity index (χ0) is 15.5. The quantitative estimate of drug-likeness (QED) is 0.658.